The van der Waals surface area contributed by atoms with Gasteiger partial charge in [0.25, 0.3) is 0 Å². The number of nitrogens with zero attached hydrogens (tertiary/aromatic N) is 3. The van der Waals surface area contributed by atoms with E-state index in [9.17, 15) is 4.79 Å². The Hall–Kier alpha value is -2.90. The molecule has 1 aromatic carbocycles. The van der Waals surface area contributed by atoms with Crippen molar-refractivity contribution in [3.05, 3.63) is 40.4 Å². The summed E-state index contributed by atoms with van der Waals surface area (Å²) in [5.41, 5.74) is 1.45. The van der Waals surface area contributed by atoms with Crippen LogP contribution in [0.2, 0.25) is 0 Å². The van der Waals surface area contributed by atoms with E-state index in [0.29, 0.717) is 23.0 Å². The third-order valence-corrected chi connectivity index (χ3v) is 3.26. The van der Waals surface area contributed by atoms with Crippen molar-refractivity contribution in [2.45, 2.75) is 6.92 Å². The van der Waals surface area contributed by atoms with E-state index in [1.165, 1.54) is 11.3 Å². The zero-order valence-corrected chi connectivity index (χ0v) is 11.9. The molecule has 0 aliphatic rings. The van der Waals surface area contributed by atoms with Crippen molar-refractivity contribution >= 4 is 28.1 Å². The summed E-state index contributed by atoms with van der Waals surface area (Å²) in [7, 11) is 0. The molecular formula is C14H10N4O2S. The lowest BCUT2D eigenvalue weighted by Gasteiger charge is -2.03. The molecule has 0 radical (unpaired) electrons. The Bertz CT molecular complexity index is 755. The van der Waals surface area contributed by atoms with Gasteiger partial charge >= 0.3 is 5.97 Å². The van der Waals surface area contributed by atoms with Crippen molar-refractivity contribution in [1.82, 2.24) is 4.98 Å². The summed E-state index contributed by atoms with van der Waals surface area (Å²) in [5.74, 6) is -0.473. The van der Waals surface area contributed by atoms with E-state index in [1.54, 1.807) is 30.5 Å². The Kier molecular flexibility index (Phi) is 4.50. The first-order chi connectivity index (χ1) is 10.2. The maximum Gasteiger partial charge on any atom is 0.357 e. The second kappa shape index (κ2) is 6.51. The first-order valence-corrected chi connectivity index (χ1v) is 6.89. The van der Waals surface area contributed by atoms with Crippen LogP contribution >= 0.6 is 11.3 Å². The number of benzene rings is 1. The molecule has 0 atom stereocenters. The Balaban J connectivity index is 2.18. The summed E-state index contributed by atoms with van der Waals surface area (Å²) in [6.07, 6.45) is 0. The molecule has 0 bridgehead atoms. The van der Waals surface area contributed by atoms with Crippen molar-refractivity contribution in [2.24, 2.45) is 0 Å². The summed E-state index contributed by atoms with van der Waals surface area (Å²) < 4.78 is 4.86. The summed E-state index contributed by atoms with van der Waals surface area (Å²) in [4.78, 5) is 15.6. The van der Waals surface area contributed by atoms with E-state index in [4.69, 9.17) is 15.3 Å². The minimum Gasteiger partial charge on any atom is -0.461 e. The number of nitriles is 2. The molecule has 1 aromatic heterocycles. The summed E-state index contributed by atoms with van der Waals surface area (Å²) in [6, 6.07) is 8.69. The van der Waals surface area contributed by atoms with Gasteiger partial charge in [0, 0.05) is 11.1 Å². The van der Waals surface area contributed by atoms with Crippen molar-refractivity contribution in [3.63, 3.8) is 0 Å². The molecule has 0 saturated heterocycles. The van der Waals surface area contributed by atoms with Gasteiger partial charge in [-0.3, -0.25) is 0 Å². The third kappa shape index (κ3) is 3.35. The predicted octanol–water partition coefficient (Wildman–Crippen LogP) is 2.81. The highest BCUT2D eigenvalue weighted by Crippen LogP contribution is 2.23. The van der Waals surface area contributed by atoms with Gasteiger partial charge < -0.3 is 10.1 Å². The number of aromatic nitrogens is 1. The number of nitrogens with one attached hydrogen (secondary N) is 1. The number of esters is 1. The van der Waals surface area contributed by atoms with Gasteiger partial charge in [-0.1, -0.05) is 0 Å². The number of anilines is 2. The molecule has 6 nitrogen and oxygen atoms in total. The van der Waals surface area contributed by atoms with E-state index in [1.807, 2.05) is 12.1 Å². The topological polar surface area (TPSA) is 98.8 Å². The van der Waals surface area contributed by atoms with Gasteiger partial charge in [-0.25, -0.2) is 9.78 Å². The number of carbonyl (C=O) groups is 1. The van der Waals surface area contributed by atoms with Crippen LogP contribution in [0.4, 0.5) is 10.8 Å². The quantitative estimate of drug-likeness (QED) is 0.871. The lowest BCUT2D eigenvalue weighted by Crippen LogP contribution is -2.05. The van der Waals surface area contributed by atoms with Gasteiger partial charge in [-0.2, -0.15) is 10.5 Å². The molecule has 0 aliphatic heterocycles. The maximum absolute atomic E-state index is 11.5. The van der Waals surface area contributed by atoms with E-state index < -0.39 is 5.97 Å². The van der Waals surface area contributed by atoms with Crippen LogP contribution in [0, 0.1) is 22.7 Å². The predicted molar refractivity (Wildman–Crippen MR) is 77.2 cm³/mol. The smallest absolute Gasteiger partial charge is 0.357 e. The molecule has 2 rings (SSSR count). The van der Waals surface area contributed by atoms with Crippen molar-refractivity contribution in [1.29, 1.82) is 10.5 Å². The normalized spacial score (nSPS) is 9.48. The highest BCUT2D eigenvalue weighted by Gasteiger charge is 2.12. The molecule has 1 N–H and O–H groups in total. The summed E-state index contributed by atoms with van der Waals surface area (Å²) in [5, 5.41) is 22.9. The second-order valence-electron chi connectivity index (χ2n) is 3.87. The standard InChI is InChI=1S/C14H10N4O2S/c1-2-20-13(19)12-8-21-14(18-12)17-11-4-3-9(6-15)10(5-11)7-16/h3-5,8H,2H2,1H3,(H,17,18). The summed E-state index contributed by atoms with van der Waals surface area (Å²) in [6.45, 7) is 2.02. The zero-order chi connectivity index (χ0) is 15.2. The minimum absolute atomic E-state index is 0.235. The average Bonchev–Trinajstić information content (AvgIpc) is 2.96. The molecule has 0 aliphatic carbocycles. The number of hydrogen-bond donors (Lipinski definition) is 1. The van der Waals surface area contributed by atoms with E-state index >= 15 is 0 Å². The fraction of sp³-hybridized carbons (Fsp3) is 0.143. The zero-order valence-electron chi connectivity index (χ0n) is 11.1. The molecule has 104 valence electrons. The van der Waals surface area contributed by atoms with Gasteiger partial charge in [-0.05, 0) is 25.1 Å². The monoisotopic (exact) mass is 298 g/mol. The molecule has 0 amide bonds. The highest BCUT2D eigenvalue weighted by atomic mass is 32.1. The Morgan fingerprint density at radius 3 is 2.81 bits per heavy atom. The molecule has 0 fully saturated rings. The molecule has 0 unspecified atom stereocenters. The number of carbonyl (C=O) groups excluding carboxylic acids is 1. The molecular weight excluding hydrogens is 288 g/mol. The first kappa shape index (κ1) is 14.5. The highest BCUT2D eigenvalue weighted by molar-refractivity contribution is 7.14. The van der Waals surface area contributed by atoms with E-state index in [0.717, 1.165) is 0 Å². The van der Waals surface area contributed by atoms with Gasteiger partial charge in [0.1, 0.15) is 12.1 Å². The second-order valence-corrected chi connectivity index (χ2v) is 4.73. The van der Waals surface area contributed by atoms with Gasteiger partial charge in [0.15, 0.2) is 10.8 Å². The average molecular weight is 298 g/mol. The molecule has 2 aromatic rings. The molecule has 1 heterocycles. The van der Waals surface area contributed by atoms with Crippen LogP contribution in [0.25, 0.3) is 0 Å². The Morgan fingerprint density at radius 2 is 2.14 bits per heavy atom. The minimum atomic E-state index is -0.473. The SMILES string of the molecule is CCOC(=O)c1csc(Nc2ccc(C#N)c(C#N)c2)n1. The van der Waals surface area contributed by atoms with Crippen LogP contribution in [0.1, 0.15) is 28.5 Å². The van der Waals surface area contributed by atoms with Crippen LogP contribution in [0.3, 0.4) is 0 Å². The van der Waals surface area contributed by atoms with Gasteiger partial charge in [-0.15, -0.1) is 11.3 Å². The van der Waals surface area contributed by atoms with Crippen molar-refractivity contribution in [3.8, 4) is 12.1 Å². The van der Waals surface area contributed by atoms with E-state index in [-0.39, 0.29) is 11.3 Å². The van der Waals surface area contributed by atoms with Gasteiger partial charge in [0.2, 0.25) is 0 Å². The van der Waals surface area contributed by atoms with Crippen LogP contribution in [0.5, 0.6) is 0 Å². The molecule has 7 heteroatoms. The van der Waals surface area contributed by atoms with Crippen LogP contribution in [-0.2, 0) is 4.74 Å². The van der Waals surface area contributed by atoms with Crippen molar-refractivity contribution < 1.29 is 9.53 Å². The maximum atomic E-state index is 11.5. The molecule has 21 heavy (non-hydrogen) atoms. The lowest BCUT2D eigenvalue weighted by atomic mass is 10.1. The van der Waals surface area contributed by atoms with Crippen LogP contribution in [0.15, 0.2) is 23.6 Å². The third-order valence-electron chi connectivity index (χ3n) is 2.50. The fourth-order valence-electron chi connectivity index (χ4n) is 1.57. The van der Waals surface area contributed by atoms with Gasteiger partial charge in [0.05, 0.1) is 17.7 Å². The fourth-order valence-corrected chi connectivity index (χ4v) is 2.27. The van der Waals surface area contributed by atoms with E-state index in [2.05, 4.69) is 10.3 Å². The van der Waals surface area contributed by atoms with Crippen molar-refractivity contribution in [2.75, 3.05) is 11.9 Å². The molecule has 0 spiro atoms. The lowest BCUT2D eigenvalue weighted by molar-refractivity contribution is 0.0520. The van der Waals surface area contributed by atoms with Crippen LogP contribution in [-0.4, -0.2) is 17.6 Å². The Morgan fingerprint density at radius 1 is 1.38 bits per heavy atom. The van der Waals surface area contributed by atoms with Crippen LogP contribution < -0.4 is 5.32 Å². The summed E-state index contributed by atoms with van der Waals surface area (Å²) >= 11 is 1.25. The molecule has 0 saturated carbocycles. The Labute approximate surface area is 125 Å². The number of hydrogen-bond acceptors (Lipinski definition) is 7. The number of rotatable bonds is 4. The number of thiazole rings is 1. The largest absolute Gasteiger partial charge is 0.461 e. The number of ether oxygens (including phenoxy) is 1. The first-order valence-electron chi connectivity index (χ1n) is 6.01.